The Morgan fingerprint density at radius 1 is 1.19 bits per heavy atom. The van der Waals surface area contributed by atoms with Gasteiger partial charge in [0.15, 0.2) is 0 Å². The van der Waals surface area contributed by atoms with Gasteiger partial charge < -0.3 is 24.9 Å². The fourth-order valence-electron chi connectivity index (χ4n) is 4.57. The fourth-order valence-corrected chi connectivity index (χ4v) is 4.57. The van der Waals surface area contributed by atoms with Gasteiger partial charge in [-0.2, -0.15) is 0 Å². The molecule has 2 N–H and O–H groups in total. The van der Waals surface area contributed by atoms with Crippen LogP contribution in [-0.2, 0) is 14.3 Å². The zero-order valence-corrected chi connectivity index (χ0v) is 16.4. The maximum absolute atomic E-state index is 11.7. The summed E-state index contributed by atoms with van der Waals surface area (Å²) in [5, 5.41) is 13.7. The fraction of sp³-hybridized carbons (Fsp3) is 0.895. The summed E-state index contributed by atoms with van der Waals surface area (Å²) in [5.74, 6) is -1.80. The Labute approximate surface area is 161 Å². The van der Waals surface area contributed by atoms with Crippen molar-refractivity contribution in [2.75, 3.05) is 58.9 Å². The number of nitrogens with zero attached hydrogens (tertiary/aromatic N) is 3. The number of nitrogens with one attached hydrogen (secondary N) is 1. The first-order valence-corrected chi connectivity index (χ1v) is 10.3. The van der Waals surface area contributed by atoms with Gasteiger partial charge in [-0.15, -0.1) is 0 Å². The molecule has 0 aliphatic carbocycles. The first-order valence-electron chi connectivity index (χ1n) is 10.3. The number of piperazine rings is 1. The van der Waals surface area contributed by atoms with Crippen molar-refractivity contribution in [3.05, 3.63) is 0 Å². The molecule has 0 bridgehead atoms. The lowest BCUT2D eigenvalue weighted by atomic mass is 10.0. The zero-order chi connectivity index (χ0) is 19.3. The largest absolute Gasteiger partial charge is 0.433 e. The molecule has 0 radical (unpaired) electrons. The van der Waals surface area contributed by atoms with Crippen LogP contribution in [0.5, 0.6) is 0 Å². The van der Waals surface area contributed by atoms with Gasteiger partial charge in [-0.3, -0.25) is 14.6 Å². The number of rotatable bonds is 6. The Morgan fingerprint density at radius 3 is 2.37 bits per heavy atom. The van der Waals surface area contributed by atoms with Crippen LogP contribution in [0.4, 0.5) is 0 Å². The Hall–Kier alpha value is -1.06. The summed E-state index contributed by atoms with van der Waals surface area (Å²) in [5.41, 5.74) is 0. The predicted octanol–water partition coefficient (Wildman–Crippen LogP) is -0.729. The molecule has 0 aromatic carbocycles. The number of carbonyl (C=O) groups is 2. The molecule has 1 unspecified atom stereocenters. The smallest absolute Gasteiger partial charge is 0.305 e. The lowest BCUT2D eigenvalue weighted by Gasteiger charge is -2.44. The molecule has 0 aromatic heterocycles. The van der Waals surface area contributed by atoms with Crippen molar-refractivity contribution in [2.24, 2.45) is 0 Å². The third kappa shape index (κ3) is 5.71. The molecule has 0 aromatic rings. The van der Waals surface area contributed by atoms with E-state index in [0.29, 0.717) is 38.5 Å². The van der Waals surface area contributed by atoms with Gasteiger partial charge in [0.25, 0.3) is 0 Å². The molecule has 3 heterocycles. The van der Waals surface area contributed by atoms with E-state index >= 15 is 0 Å². The molecule has 3 aliphatic rings. The maximum Gasteiger partial charge on any atom is 0.305 e. The average Bonchev–Trinajstić information content (AvgIpc) is 2.68. The third-order valence-corrected chi connectivity index (χ3v) is 6.22. The normalized spacial score (nSPS) is 27.2. The summed E-state index contributed by atoms with van der Waals surface area (Å²) >= 11 is 0. The highest BCUT2D eigenvalue weighted by atomic mass is 16.7. The second-order valence-electron chi connectivity index (χ2n) is 8.10. The SMILES string of the molecule is CC(=O)OC1(O)CCN(CC(C=O)N2CCN(C3CCNCC3)CC2)CC1. The number of aliphatic hydroxyl groups is 1. The minimum atomic E-state index is -1.35. The van der Waals surface area contributed by atoms with Gasteiger partial charge in [0.05, 0.1) is 6.04 Å². The van der Waals surface area contributed by atoms with Crippen LogP contribution in [0.2, 0.25) is 0 Å². The van der Waals surface area contributed by atoms with Crippen molar-refractivity contribution in [1.82, 2.24) is 20.0 Å². The van der Waals surface area contributed by atoms with Crippen molar-refractivity contribution in [2.45, 2.75) is 50.5 Å². The molecule has 3 aliphatic heterocycles. The number of hydrogen-bond donors (Lipinski definition) is 2. The highest BCUT2D eigenvalue weighted by molar-refractivity contribution is 5.66. The number of ether oxygens (including phenoxy) is 1. The Balaban J connectivity index is 1.43. The number of aldehydes is 1. The highest BCUT2D eigenvalue weighted by Crippen LogP contribution is 2.24. The number of likely N-dealkylation sites (tertiary alicyclic amines) is 1. The second kappa shape index (κ2) is 9.43. The van der Waals surface area contributed by atoms with E-state index in [2.05, 4.69) is 20.0 Å². The molecule has 1 atom stereocenters. The zero-order valence-electron chi connectivity index (χ0n) is 16.4. The Bertz CT molecular complexity index is 496. The van der Waals surface area contributed by atoms with E-state index in [1.807, 2.05) is 0 Å². The molecule has 8 heteroatoms. The van der Waals surface area contributed by atoms with Crippen LogP contribution in [0.1, 0.15) is 32.6 Å². The first-order chi connectivity index (χ1) is 13.0. The lowest BCUT2D eigenvalue weighted by molar-refractivity contribution is -0.222. The molecule has 0 spiro atoms. The number of hydrogen-bond acceptors (Lipinski definition) is 8. The number of carbonyl (C=O) groups excluding carboxylic acids is 2. The van der Waals surface area contributed by atoms with Crippen LogP contribution < -0.4 is 5.32 Å². The minimum absolute atomic E-state index is 0.111. The van der Waals surface area contributed by atoms with E-state index in [1.165, 1.54) is 19.8 Å². The van der Waals surface area contributed by atoms with Crippen molar-refractivity contribution in [3.8, 4) is 0 Å². The highest BCUT2D eigenvalue weighted by Gasteiger charge is 2.36. The van der Waals surface area contributed by atoms with Gasteiger partial charge in [-0.1, -0.05) is 0 Å². The van der Waals surface area contributed by atoms with Gasteiger partial charge in [-0.05, 0) is 25.9 Å². The molecule has 27 heavy (non-hydrogen) atoms. The predicted molar refractivity (Wildman–Crippen MR) is 101 cm³/mol. The van der Waals surface area contributed by atoms with E-state index in [-0.39, 0.29) is 6.04 Å². The topological polar surface area (TPSA) is 85.3 Å². The Kier molecular flexibility index (Phi) is 7.22. The summed E-state index contributed by atoms with van der Waals surface area (Å²) in [4.78, 5) is 29.9. The van der Waals surface area contributed by atoms with Crippen molar-refractivity contribution < 1.29 is 19.4 Å². The summed E-state index contributed by atoms with van der Waals surface area (Å²) < 4.78 is 5.04. The second-order valence-corrected chi connectivity index (χ2v) is 8.10. The van der Waals surface area contributed by atoms with Crippen molar-refractivity contribution in [3.63, 3.8) is 0 Å². The van der Waals surface area contributed by atoms with Crippen molar-refractivity contribution >= 4 is 12.3 Å². The summed E-state index contributed by atoms with van der Waals surface area (Å²) in [6.45, 7) is 9.38. The van der Waals surface area contributed by atoms with E-state index in [1.54, 1.807) is 0 Å². The molecule has 3 saturated heterocycles. The maximum atomic E-state index is 11.7. The molecular weight excluding hydrogens is 348 g/mol. The van der Waals surface area contributed by atoms with Crippen LogP contribution in [0.15, 0.2) is 0 Å². The molecule has 0 amide bonds. The summed E-state index contributed by atoms with van der Waals surface area (Å²) in [6, 6.07) is 0.573. The minimum Gasteiger partial charge on any atom is -0.433 e. The standard InChI is InChI=1S/C19H34N4O4/c1-16(25)27-19(26)4-8-21(9-5-19)14-18(15-24)23-12-10-22(11-13-23)17-2-6-20-7-3-17/h15,17-18,20,26H,2-14H2,1H3. The molecule has 3 fully saturated rings. The van der Waals surface area contributed by atoms with Gasteiger partial charge in [0.1, 0.15) is 6.29 Å². The quantitative estimate of drug-likeness (QED) is 0.353. The van der Waals surface area contributed by atoms with E-state index in [0.717, 1.165) is 45.6 Å². The van der Waals surface area contributed by atoms with Gasteiger partial charge >= 0.3 is 5.97 Å². The summed E-state index contributed by atoms with van der Waals surface area (Å²) in [7, 11) is 0. The van der Waals surface area contributed by atoms with Crippen LogP contribution in [0.3, 0.4) is 0 Å². The van der Waals surface area contributed by atoms with Crippen LogP contribution in [0.25, 0.3) is 0 Å². The van der Waals surface area contributed by atoms with Crippen LogP contribution in [0, 0.1) is 0 Å². The molecule has 8 nitrogen and oxygen atoms in total. The first kappa shape index (κ1) is 20.7. The number of piperidine rings is 2. The monoisotopic (exact) mass is 382 g/mol. The number of esters is 1. The van der Waals surface area contributed by atoms with E-state index < -0.39 is 11.8 Å². The van der Waals surface area contributed by atoms with E-state index in [4.69, 9.17) is 4.74 Å². The van der Waals surface area contributed by atoms with Gasteiger partial charge in [-0.25, -0.2) is 0 Å². The summed E-state index contributed by atoms with van der Waals surface area (Å²) in [6.07, 6.45) is 4.28. The third-order valence-electron chi connectivity index (χ3n) is 6.22. The van der Waals surface area contributed by atoms with Crippen molar-refractivity contribution in [1.29, 1.82) is 0 Å². The van der Waals surface area contributed by atoms with Gasteiger partial charge in [0, 0.05) is 71.6 Å². The van der Waals surface area contributed by atoms with Crippen LogP contribution >= 0.6 is 0 Å². The molecule has 154 valence electrons. The molecule has 3 rings (SSSR count). The average molecular weight is 383 g/mol. The molecular formula is C19H34N4O4. The van der Waals surface area contributed by atoms with Gasteiger partial charge in [0.2, 0.25) is 5.79 Å². The lowest BCUT2D eigenvalue weighted by Crippen LogP contribution is -2.58. The van der Waals surface area contributed by atoms with E-state index in [9.17, 15) is 14.7 Å². The van der Waals surface area contributed by atoms with Crippen LogP contribution in [-0.4, -0.2) is 109 Å². The molecule has 0 saturated carbocycles. The Morgan fingerprint density at radius 2 is 1.81 bits per heavy atom.